The highest BCUT2D eigenvalue weighted by Gasteiger charge is 2.54. The van der Waals surface area contributed by atoms with Crippen LogP contribution >= 0.6 is 0 Å². The minimum atomic E-state index is -4.45. The Bertz CT molecular complexity index is 1230. The van der Waals surface area contributed by atoms with Crippen LogP contribution in [0, 0.1) is 0 Å². The summed E-state index contributed by atoms with van der Waals surface area (Å²) in [6.45, 7) is 0.907. The molecule has 2 aromatic rings. The molecule has 0 bridgehead atoms. The van der Waals surface area contributed by atoms with Gasteiger partial charge in [-0.15, -0.1) is 8.78 Å². The van der Waals surface area contributed by atoms with E-state index in [1.54, 1.807) is 14.2 Å². The maximum atomic E-state index is 14.1. The monoisotopic (exact) mass is 539 g/mol. The van der Waals surface area contributed by atoms with Crippen molar-refractivity contribution in [2.24, 2.45) is 0 Å². The normalized spacial score (nSPS) is 27.4. The molecule has 0 unspecified atom stereocenters. The second-order valence-corrected chi connectivity index (χ2v) is 9.94. The van der Waals surface area contributed by atoms with E-state index in [1.165, 1.54) is 6.07 Å². The Kier molecular flexibility index (Phi) is 6.59. The number of rotatable bonds is 5. The highest BCUT2D eigenvalue weighted by Crippen LogP contribution is 2.50. The van der Waals surface area contributed by atoms with Crippen LogP contribution in [0.2, 0.25) is 0 Å². The first-order chi connectivity index (χ1) is 18.0. The zero-order valence-corrected chi connectivity index (χ0v) is 21.2. The van der Waals surface area contributed by atoms with Gasteiger partial charge in [-0.2, -0.15) is 8.78 Å². The highest BCUT2D eigenvalue weighted by molar-refractivity contribution is 5.89. The molecular formula is C26H29F4N3O5. The molecule has 2 fully saturated rings. The molecule has 2 aromatic carbocycles. The number of anilines is 1. The lowest BCUT2D eigenvalue weighted by atomic mass is 9.65. The molecule has 0 spiro atoms. The number of benzene rings is 2. The molecule has 38 heavy (non-hydrogen) atoms. The molecule has 2 heterocycles. The van der Waals surface area contributed by atoms with Gasteiger partial charge in [0.2, 0.25) is 0 Å². The summed E-state index contributed by atoms with van der Waals surface area (Å²) in [5.74, 6) is 0.608. The lowest BCUT2D eigenvalue weighted by molar-refractivity contribution is -0.461. The first-order valence-corrected chi connectivity index (χ1v) is 12.3. The molecule has 1 saturated carbocycles. The van der Waals surface area contributed by atoms with Crippen molar-refractivity contribution in [3.63, 3.8) is 0 Å². The van der Waals surface area contributed by atoms with Crippen LogP contribution < -0.4 is 24.8 Å². The molecule has 2 N–H and O–H groups in total. The topological polar surface area (TPSA) is 81.3 Å². The number of alkyl halides is 4. The van der Waals surface area contributed by atoms with Crippen molar-refractivity contribution in [3.8, 4) is 17.2 Å². The fourth-order valence-electron chi connectivity index (χ4n) is 6.02. The van der Waals surface area contributed by atoms with Gasteiger partial charge in [-0.25, -0.2) is 9.53 Å². The zero-order valence-electron chi connectivity index (χ0n) is 21.2. The van der Waals surface area contributed by atoms with Gasteiger partial charge < -0.3 is 29.7 Å². The van der Waals surface area contributed by atoms with Crippen molar-refractivity contribution < 1.29 is 41.3 Å². The molecule has 2 amide bonds. The van der Waals surface area contributed by atoms with E-state index in [1.807, 2.05) is 12.1 Å². The van der Waals surface area contributed by atoms with Gasteiger partial charge in [-0.05, 0) is 75.2 Å². The van der Waals surface area contributed by atoms with Gasteiger partial charge in [0, 0.05) is 23.2 Å². The van der Waals surface area contributed by atoms with Crippen molar-refractivity contribution in [2.75, 3.05) is 33.1 Å². The quantitative estimate of drug-likeness (QED) is 0.519. The Labute approximate surface area is 217 Å². The fourth-order valence-corrected chi connectivity index (χ4v) is 6.02. The summed E-state index contributed by atoms with van der Waals surface area (Å²) in [5.41, 5.74) is 0.158. The first kappa shape index (κ1) is 26.4. The van der Waals surface area contributed by atoms with E-state index < -0.39 is 29.7 Å². The third kappa shape index (κ3) is 4.71. The number of likely N-dealkylation sites (tertiary alicyclic amines) is 1. The molecule has 206 valence electrons. The lowest BCUT2D eigenvalue weighted by Crippen LogP contribution is -2.52. The third-order valence-electron chi connectivity index (χ3n) is 7.85. The van der Waals surface area contributed by atoms with Gasteiger partial charge in [0.25, 0.3) is 0 Å². The Balaban J connectivity index is 1.28. The van der Waals surface area contributed by atoms with Crippen LogP contribution in [0.4, 0.5) is 28.0 Å². The first-order valence-electron chi connectivity index (χ1n) is 12.3. The van der Waals surface area contributed by atoms with E-state index in [4.69, 9.17) is 9.47 Å². The summed E-state index contributed by atoms with van der Waals surface area (Å²) in [6.07, 6.45) is -5.54. The number of hydrogen-bond acceptors (Lipinski definition) is 6. The highest BCUT2D eigenvalue weighted by atomic mass is 19.3. The predicted molar refractivity (Wildman–Crippen MR) is 129 cm³/mol. The number of ether oxygens (including phenoxy) is 4. The SMILES string of the molecule is COc1ccc([C@@]23CC[C@@H](NC(=O)Nc4ccc5c(c4)C(F)(F)OC(F)(F)O5)C[C@@H]2N(C)CC3)cc1OC. The summed E-state index contributed by atoms with van der Waals surface area (Å²) < 4.78 is 73.2. The third-order valence-corrected chi connectivity index (χ3v) is 7.85. The Morgan fingerprint density at radius 1 is 1.05 bits per heavy atom. The summed E-state index contributed by atoms with van der Waals surface area (Å²) in [7, 11) is 5.27. The zero-order chi connectivity index (χ0) is 27.3. The molecule has 0 aromatic heterocycles. The van der Waals surface area contributed by atoms with Crippen molar-refractivity contribution in [3.05, 3.63) is 47.5 Å². The van der Waals surface area contributed by atoms with E-state index in [9.17, 15) is 22.4 Å². The molecule has 1 saturated heterocycles. The van der Waals surface area contributed by atoms with Gasteiger partial charge in [0.15, 0.2) is 11.5 Å². The van der Waals surface area contributed by atoms with Crippen LogP contribution in [0.5, 0.6) is 17.2 Å². The summed E-state index contributed by atoms with van der Waals surface area (Å²) in [5, 5.41) is 5.44. The molecule has 3 aliphatic rings. The summed E-state index contributed by atoms with van der Waals surface area (Å²) in [4.78, 5) is 15.0. The minimum absolute atomic E-state index is 0.00758. The second kappa shape index (κ2) is 9.49. The van der Waals surface area contributed by atoms with Crippen molar-refractivity contribution in [2.45, 2.75) is 55.6 Å². The number of carbonyl (C=O) groups excluding carboxylic acids is 1. The van der Waals surface area contributed by atoms with Crippen LogP contribution in [-0.2, 0) is 16.3 Å². The van der Waals surface area contributed by atoms with Crippen molar-refractivity contribution in [1.82, 2.24) is 10.2 Å². The number of urea groups is 1. The number of methoxy groups -OCH3 is 2. The minimum Gasteiger partial charge on any atom is -0.493 e. The van der Waals surface area contributed by atoms with Crippen molar-refractivity contribution >= 4 is 11.7 Å². The average molecular weight is 540 g/mol. The largest absolute Gasteiger partial charge is 0.540 e. The average Bonchev–Trinajstić information content (AvgIpc) is 3.20. The molecule has 1 aliphatic carbocycles. The summed E-state index contributed by atoms with van der Waals surface area (Å²) >= 11 is 0. The number of fused-ring (bicyclic) bond motifs is 2. The molecule has 0 radical (unpaired) electrons. The van der Waals surface area contributed by atoms with E-state index in [-0.39, 0.29) is 23.2 Å². The maximum absolute atomic E-state index is 14.1. The number of nitrogens with zero attached hydrogens (tertiary/aromatic N) is 1. The van der Waals surface area contributed by atoms with Gasteiger partial charge in [-0.3, -0.25) is 0 Å². The molecule has 2 aliphatic heterocycles. The number of carbonyl (C=O) groups is 1. The van der Waals surface area contributed by atoms with E-state index in [0.29, 0.717) is 24.3 Å². The lowest BCUT2D eigenvalue weighted by Gasteiger charge is -2.45. The maximum Gasteiger partial charge on any atom is 0.540 e. The van der Waals surface area contributed by atoms with Gasteiger partial charge in [0.1, 0.15) is 5.75 Å². The van der Waals surface area contributed by atoms with Crippen LogP contribution in [0.25, 0.3) is 0 Å². The Morgan fingerprint density at radius 2 is 1.82 bits per heavy atom. The van der Waals surface area contributed by atoms with Gasteiger partial charge in [-0.1, -0.05) is 6.07 Å². The van der Waals surface area contributed by atoms with E-state index >= 15 is 0 Å². The van der Waals surface area contributed by atoms with E-state index in [2.05, 4.69) is 38.1 Å². The second-order valence-electron chi connectivity index (χ2n) is 9.94. The predicted octanol–water partition coefficient (Wildman–Crippen LogP) is 5.03. The van der Waals surface area contributed by atoms with E-state index in [0.717, 1.165) is 37.1 Å². The number of amides is 2. The van der Waals surface area contributed by atoms with Crippen LogP contribution in [0.3, 0.4) is 0 Å². The van der Waals surface area contributed by atoms with Crippen LogP contribution in [-0.4, -0.2) is 57.1 Å². The van der Waals surface area contributed by atoms with Crippen LogP contribution in [0.15, 0.2) is 36.4 Å². The number of hydrogen-bond donors (Lipinski definition) is 2. The smallest absolute Gasteiger partial charge is 0.493 e. The Morgan fingerprint density at radius 3 is 2.55 bits per heavy atom. The number of likely N-dealkylation sites (N-methyl/N-ethyl adjacent to an activating group) is 1. The van der Waals surface area contributed by atoms with Crippen molar-refractivity contribution in [1.29, 1.82) is 0 Å². The molecule has 12 heteroatoms. The summed E-state index contributed by atoms with van der Waals surface area (Å²) in [6, 6.07) is 8.46. The van der Waals surface area contributed by atoms with Gasteiger partial charge >= 0.3 is 18.4 Å². The standard InChI is InChI=1S/C26H29F4N3O5/c1-33-11-10-24(15-4-6-20(35-2)21(12-15)36-3)9-8-17(14-22(24)33)32-23(34)31-16-5-7-19-18(13-16)25(27,28)38-26(29,30)37-19/h4-7,12-13,17,22H,8-11,14H2,1-3H3,(H2,31,32,34)/t17-,22+,24+/m1/s1. The number of nitrogens with one attached hydrogen (secondary N) is 2. The fraction of sp³-hybridized carbons (Fsp3) is 0.500. The van der Waals surface area contributed by atoms with Gasteiger partial charge in [0.05, 0.1) is 19.8 Å². The molecule has 3 atom stereocenters. The molecular weight excluding hydrogens is 510 g/mol. The Hall–Kier alpha value is -3.25. The number of halogens is 4. The van der Waals surface area contributed by atoms with Crippen LogP contribution in [0.1, 0.15) is 36.8 Å². The molecule has 8 nitrogen and oxygen atoms in total. The molecule has 5 rings (SSSR count).